The van der Waals surface area contributed by atoms with Gasteiger partial charge in [-0.15, -0.1) is 11.8 Å². The molecule has 1 unspecified atom stereocenters. The van der Waals surface area contributed by atoms with Crippen molar-refractivity contribution < 1.29 is 0 Å². The molecule has 0 aromatic rings. The van der Waals surface area contributed by atoms with Crippen molar-refractivity contribution >= 4 is 26.4 Å². The Labute approximate surface area is 39.8 Å². The van der Waals surface area contributed by atoms with Crippen LogP contribution < -0.4 is 0 Å². The lowest BCUT2D eigenvalue weighted by Gasteiger charge is -1.78. The SMILES string of the molecule is BC[PH](C)=S. The second-order valence-corrected chi connectivity index (χ2v) is 5.26. The van der Waals surface area contributed by atoms with Crippen LogP contribution in [0.2, 0.25) is 0 Å². The zero-order valence-electron chi connectivity index (χ0n) is 3.62. The van der Waals surface area contributed by atoms with E-state index in [1.165, 1.54) is 6.06 Å². The lowest BCUT2D eigenvalue weighted by Crippen LogP contribution is -1.65. The van der Waals surface area contributed by atoms with Crippen molar-refractivity contribution in [1.82, 2.24) is 0 Å². The first-order chi connectivity index (χ1) is 2.27. The number of rotatable bonds is 1. The fourth-order valence-electron chi connectivity index (χ4n) is 0. The second kappa shape index (κ2) is 2.93. The molecule has 5 heavy (non-hydrogen) atoms. The van der Waals surface area contributed by atoms with Gasteiger partial charge in [0.1, 0.15) is 7.85 Å². The molecule has 0 aromatic heterocycles. The van der Waals surface area contributed by atoms with E-state index in [-0.39, 0.29) is 6.70 Å². The van der Waals surface area contributed by atoms with Crippen molar-refractivity contribution in [2.75, 3.05) is 12.7 Å². The zero-order chi connectivity index (χ0) is 4.28. The molecule has 0 rings (SSSR count). The van der Waals surface area contributed by atoms with Gasteiger partial charge in [0.05, 0.1) is 0 Å². The molecule has 0 radical (unpaired) electrons. The molecule has 30 valence electrons. The minimum Gasteiger partial charge on any atom is -0.102 e. The van der Waals surface area contributed by atoms with Gasteiger partial charge in [-0.05, 0) is 6.66 Å². The Balaban J connectivity index is 2.85. The van der Waals surface area contributed by atoms with Gasteiger partial charge in [0.2, 0.25) is 0 Å². The van der Waals surface area contributed by atoms with Gasteiger partial charge in [-0.1, -0.05) is 12.8 Å². The van der Waals surface area contributed by atoms with E-state index in [1.807, 2.05) is 0 Å². The lowest BCUT2D eigenvalue weighted by atomic mass is 10.2. The molecule has 0 fully saturated rings. The highest BCUT2D eigenvalue weighted by Gasteiger charge is 1.69. The summed E-state index contributed by atoms with van der Waals surface area (Å²) in [5.74, 6) is 0. The summed E-state index contributed by atoms with van der Waals surface area (Å²) in [7, 11) is 2.14. The van der Waals surface area contributed by atoms with E-state index in [4.69, 9.17) is 11.8 Å². The van der Waals surface area contributed by atoms with Crippen molar-refractivity contribution in [2.45, 2.75) is 0 Å². The standard InChI is InChI=1S/C2H8BPS/c1-4(5)2-3/h4H,2-3H2,1H3. The van der Waals surface area contributed by atoms with Gasteiger partial charge in [0.25, 0.3) is 0 Å². The van der Waals surface area contributed by atoms with Gasteiger partial charge < -0.3 is 0 Å². The van der Waals surface area contributed by atoms with Crippen molar-refractivity contribution in [2.24, 2.45) is 0 Å². The fourth-order valence-corrected chi connectivity index (χ4v) is 0. The molecule has 0 saturated heterocycles. The van der Waals surface area contributed by atoms with Crippen molar-refractivity contribution in [1.29, 1.82) is 0 Å². The molecule has 0 amide bonds. The normalized spacial score (nSPS) is 14.6. The van der Waals surface area contributed by atoms with Crippen LogP contribution >= 0.6 is 6.70 Å². The molecule has 0 nitrogen and oxygen atoms in total. The van der Waals surface area contributed by atoms with Crippen molar-refractivity contribution in [3.05, 3.63) is 0 Å². The Morgan fingerprint density at radius 1 is 2.00 bits per heavy atom. The quantitative estimate of drug-likeness (QED) is 0.331. The second-order valence-electron chi connectivity index (χ2n) is 1.06. The van der Waals surface area contributed by atoms with Crippen LogP contribution in [-0.4, -0.2) is 20.6 Å². The van der Waals surface area contributed by atoms with Crippen molar-refractivity contribution in [3.63, 3.8) is 0 Å². The molecular weight excluding hydrogens is 97.9 g/mol. The van der Waals surface area contributed by atoms with Crippen LogP contribution in [0.4, 0.5) is 0 Å². The Kier molecular flexibility index (Phi) is 3.35. The molecule has 1 atom stereocenters. The molecule has 0 aromatic carbocycles. The van der Waals surface area contributed by atoms with Crippen LogP contribution in [0.15, 0.2) is 0 Å². The van der Waals surface area contributed by atoms with Crippen LogP contribution in [0.5, 0.6) is 0 Å². The zero-order valence-corrected chi connectivity index (χ0v) is 5.43. The van der Waals surface area contributed by atoms with Crippen LogP contribution in [0, 0.1) is 0 Å². The third-order valence-corrected chi connectivity index (χ3v) is 2.36. The maximum atomic E-state index is 4.88. The van der Waals surface area contributed by atoms with Gasteiger partial charge in [0.15, 0.2) is 0 Å². The van der Waals surface area contributed by atoms with Crippen LogP contribution in [-0.2, 0) is 11.8 Å². The molecule has 0 aliphatic carbocycles. The van der Waals surface area contributed by atoms with Gasteiger partial charge in [-0.2, -0.15) is 0 Å². The topological polar surface area (TPSA) is 0 Å². The third-order valence-electron chi connectivity index (χ3n) is 0.498. The van der Waals surface area contributed by atoms with E-state index < -0.39 is 0 Å². The summed E-state index contributed by atoms with van der Waals surface area (Å²) in [6, 6.07) is 1.22. The molecule has 0 saturated carbocycles. The first-order valence-corrected chi connectivity index (χ1v) is 5.10. The highest BCUT2D eigenvalue weighted by molar-refractivity contribution is 8.05. The Bertz CT molecular complexity index is 44.9. The van der Waals surface area contributed by atoms with E-state index in [2.05, 4.69) is 14.5 Å². The Morgan fingerprint density at radius 3 is 2.20 bits per heavy atom. The van der Waals surface area contributed by atoms with E-state index in [1.54, 1.807) is 0 Å². The fraction of sp³-hybridized carbons (Fsp3) is 1.00. The lowest BCUT2D eigenvalue weighted by molar-refractivity contribution is 2.15. The highest BCUT2D eigenvalue weighted by atomic mass is 32.4. The predicted octanol–water partition coefficient (Wildman–Crippen LogP) is -0.117. The summed E-state index contributed by atoms with van der Waals surface area (Å²) >= 11 is 4.88. The van der Waals surface area contributed by atoms with Gasteiger partial charge in [-0.25, -0.2) is 0 Å². The molecule has 0 heterocycles. The van der Waals surface area contributed by atoms with E-state index in [0.29, 0.717) is 0 Å². The van der Waals surface area contributed by atoms with E-state index in [0.717, 1.165) is 0 Å². The summed E-state index contributed by atoms with van der Waals surface area (Å²) in [6.45, 7) is 1.85. The Morgan fingerprint density at radius 2 is 2.20 bits per heavy atom. The van der Waals surface area contributed by atoms with Gasteiger partial charge in [0, 0.05) is 0 Å². The summed E-state index contributed by atoms with van der Waals surface area (Å²) in [6.07, 6.45) is 0. The molecule has 0 spiro atoms. The maximum absolute atomic E-state index is 4.88. The average Bonchev–Trinajstić information content (AvgIpc) is 1.38. The van der Waals surface area contributed by atoms with Gasteiger partial charge in [-0.3, -0.25) is 0 Å². The predicted molar refractivity (Wildman–Crippen MR) is 35.0 cm³/mol. The largest absolute Gasteiger partial charge is 0.107 e. The number of hydrogen-bond acceptors (Lipinski definition) is 1. The van der Waals surface area contributed by atoms with Crippen molar-refractivity contribution in [3.8, 4) is 0 Å². The monoisotopic (exact) mass is 106 g/mol. The minimum atomic E-state index is -0.291. The highest BCUT2D eigenvalue weighted by Crippen LogP contribution is 2.08. The average molecular weight is 106 g/mol. The van der Waals surface area contributed by atoms with Crippen LogP contribution in [0.25, 0.3) is 0 Å². The van der Waals surface area contributed by atoms with Gasteiger partial charge >= 0.3 is 0 Å². The molecular formula is C2H8BPS. The first-order valence-electron chi connectivity index (χ1n) is 1.76. The summed E-state index contributed by atoms with van der Waals surface area (Å²) in [4.78, 5) is 0. The molecule has 0 N–H and O–H groups in total. The molecule has 0 aliphatic heterocycles. The molecule has 3 heteroatoms. The first kappa shape index (κ1) is 5.71. The van der Waals surface area contributed by atoms with E-state index in [9.17, 15) is 0 Å². The summed E-state index contributed by atoms with van der Waals surface area (Å²) in [5, 5.41) is 0. The molecule has 0 bridgehead atoms. The van der Waals surface area contributed by atoms with Crippen LogP contribution in [0.3, 0.4) is 0 Å². The summed E-state index contributed by atoms with van der Waals surface area (Å²) < 4.78 is 0. The molecule has 0 aliphatic rings. The van der Waals surface area contributed by atoms with Crippen LogP contribution in [0.1, 0.15) is 0 Å². The summed E-state index contributed by atoms with van der Waals surface area (Å²) in [5.41, 5.74) is 0. The van der Waals surface area contributed by atoms with E-state index >= 15 is 0 Å². The smallest absolute Gasteiger partial charge is 0.102 e. The Hall–Kier alpha value is 0.715. The maximum Gasteiger partial charge on any atom is 0.107 e. The number of hydrogen-bond donors (Lipinski definition) is 0. The third kappa shape index (κ3) is 4.71. The minimum absolute atomic E-state index is 0.291.